The summed E-state index contributed by atoms with van der Waals surface area (Å²) >= 11 is 0. The van der Waals surface area contributed by atoms with Gasteiger partial charge in [-0.1, -0.05) is 26.2 Å². The first kappa shape index (κ1) is 12.4. The van der Waals surface area contributed by atoms with Crippen molar-refractivity contribution in [2.75, 3.05) is 19.8 Å². The maximum atomic E-state index is 9.75. The Labute approximate surface area is 80.4 Å². The van der Waals surface area contributed by atoms with Gasteiger partial charge < -0.3 is 9.47 Å². The van der Waals surface area contributed by atoms with E-state index in [9.17, 15) is 4.79 Å². The fourth-order valence-corrected chi connectivity index (χ4v) is 1.03. The lowest BCUT2D eigenvalue weighted by molar-refractivity contribution is -0.129. The molecule has 0 atom stereocenters. The van der Waals surface area contributed by atoms with Crippen molar-refractivity contribution >= 4 is 6.47 Å². The van der Waals surface area contributed by atoms with Gasteiger partial charge in [0.15, 0.2) is 0 Å². The van der Waals surface area contributed by atoms with Gasteiger partial charge in [-0.15, -0.1) is 0 Å². The van der Waals surface area contributed by atoms with Crippen LogP contribution in [0.25, 0.3) is 0 Å². The molecule has 0 unspecified atom stereocenters. The highest BCUT2D eigenvalue weighted by Gasteiger charge is 1.90. The molecule has 0 rings (SSSR count). The smallest absolute Gasteiger partial charge is 0.293 e. The van der Waals surface area contributed by atoms with Crippen LogP contribution in [-0.2, 0) is 14.3 Å². The van der Waals surface area contributed by atoms with Crippen LogP contribution in [-0.4, -0.2) is 26.3 Å². The van der Waals surface area contributed by atoms with E-state index in [1.54, 1.807) is 0 Å². The Morgan fingerprint density at radius 2 is 1.77 bits per heavy atom. The molecule has 0 aromatic heterocycles. The van der Waals surface area contributed by atoms with Crippen molar-refractivity contribution in [3.8, 4) is 0 Å². The van der Waals surface area contributed by atoms with Gasteiger partial charge in [0.05, 0.1) is 6.61 Å². The molecule has 0 fully saturated rings. The number of hydrogen-bond acceptors (Lipinski definition) is 3. The van der Waals surface area contributed by atoms with E-state index in [4.69, 9.17) is 4.74 Å². The standard InChI is InChI=1S/C10H20O3/c1-2-3-4-5-7-12-8-6-9-13-10-11/h10H,2-9H2,1H3. The van der Waals surface area contributed by atoms with Crippen LogP contribution in [0.5, 0.6) is 0 Å². The number of carbonyl (C=O) groups is 1. The van der Waals surface area contributed by atoms with Crippen LogP contribution >= 0.6 is 0 Å². The van der Waals surface area contributed by atoms with Crippen molar-refractivity contribution in [1.82, 2.24) is 0 Å². The first-order valence-corrected chi connectivity index (χ1v) is 5.04. The first-order valence-electron chi connectivity index (χ1n) is 5.04. The molecule has 0 radical (unpaired) electrons. The molecule has 0 aromatic rings. The van der Waals surface area contributed by atoms with Gasteiger partial charge >= 0.3 is 0 Å². The van der Waals surface area contributed by atoms with Crippen molar-refractivity contribution < 1.29 is 14.3 Å². The van der Waals surface area contributed by atoms with Crippen molar-refractivity contribution in [2.24, 2.45) is 0 Å². The molecule has 3 nitrogen and oxygen atoms in total. The monoisotopic (exact) mass is 188 g/mol. The largest absolute Gasteiger partial charge is 0.468 e. The Bertz CT molecular complexity index is 104. The molecule has 0 aromatic carbocycles. The third-order valence-electron chi connectivity index (χ3n) is 1.76. The molecule has 0 saturated carbocycles. The highest BCUT2D eigenvalue weighted by Crippen LogP contribution is 1.98. The lowest BCUT2D eigenvalue weighted by atomic mass is 10.2. The van der Waals surface area contributed by atoms with E-state index in [-0.39, 0.29) is 0 Å². The first-order chi connectivity index (χ1) is 6.41. The summed E-state index contributed by atoms with van der Waals surface area (Å²) in [6.07, 6.45) is 5.74. The van der Waals surface area contributed by atoms with Crippen LogP contribution in [0, 0.1) is 0 Å². The van der Waals surface area contributed by atoms with Gasteiger partial charge in [0.1, 0.15) is 0 Å². The molecule has 78 valence electrons. The van der Waals surface area contributed by atoms with Gasteiger partial charge in [0, 0.05) is 19.6 Å². The number of rotatable bonds is 10. The number of unbranched alkanes of at least 4 members (excludes halogenated alkanes) is 3. The molecule has 0 spiro atoms. The average Bonchev–Trinajstić information content (AvgIpc) is 2.16. The van der Waals surface area contributed by atoms with Crippen molar-refractivity contribution in [2.45, 2.75) is 39.0 Å². The summed E-state index contributed by atoms with van der Waals surface area (Å²) in [7, 11) is 0. The second kappa shape index (κ2) is 11.4. The Hall–Kier alpha value is -0.570. The van der Waals surface area contributed by atoms with E-state index < -0.39 is 0 Å². The lowest BCUT2D eigenvalue weighted by Crippen LogP contribution is -2.01. The van der Waals surface area contributed by atoms with E-state index in [1.165, 1.54) is 19.3 Å². The topological polar surface area (TPSA) is 35.5 Å². The van der Waals surface area contributed by atoms with Gasteiger partial charge in [-0.2, -0.15) is 0 Å². The zero-order valence-electron chi connectivity index (χ0n) is 8.46. The van der Waals surface area contributed by atoms with Crippen molar-refractivity contribution in [3.63, 3.8) is 0 Å². The fraction of sp³-hybridized carbons (Fsp3) is 0.900. The molecule has 3 heteroatoms. The third kappa shape index (κ3) is 11.4. The average molecular weight is 188 g/mol. The molecular formula is C10H20O3. The number of ether oxygens (including phenoxy) is 2. The van der Waals surface area contributed by atoms with Crippen LogP contribution in [0.15, 0.2) is 0 Å². The Morgan fingerprint density at radius 3 is 2.46 bits per heavy atom. The van der Waals surface area contributed by atoms with Crippen molar-refractivity contribution in [3.05, 3.63) is 0 Å². The summed E-state index contributed by atoms with van der Waals surface area (Å²) in [6.45, 7) is 4.67. The zero-order chi connectivity index (χ0) is 9.78. The Kier molecular flexibility index (Phi) is 10.9. The fourth-order valence-electron chi connectivity index (χ4n) is 1.03. The molecule has 0 bridgehead atoms. The highest BCUT2D eigenvalue weighted by atomic mass is 16.5. The van der Waals surface area contributed by atoms with E-state index >= 15 is 0 Å². The minimum absolute atomic E-state index is 0.471. The van der Waals surface area contributed by atoms with Crippen LogP contribution in [0.2, 0.25) is 0 Å². The van der Waals surface area contributed by atoms with Crippen molar-refractivity contribution in [1.29, 1.82) is 0 Å². The Morgan fingerprint density at radius 1 is 1.00 bits per heavy atom. The minimum Gasteiger partial charge on any atom is -0.468 e. The Balaban J connectivity index is 2.79. The van der Waals surface area contributed by atoms with E-state index in [1.807, 2.05) is 0 Å². The highest BCUT2D eigenvalue weighted by molar-refractivity contribution is 5.36. The molecule has 0 aliphatic carbocycles. The molecule has 13 heavy (non-hydrogen) atoms. The molecule has 0 amide bonds. The molecule has 0 saturated heterocycles. The predicted molar refractivity (Wildman–Crippen MR) is 51.6 cm³/mol. The summed E-state index contributed by atoms with van der Waals surface area (Å²) in [5, 5.41) is 0. The maximum absolute atomic E-state index is 9.75. The van der Waals surface area contributed by atoms with E-state index in [0.717, 1.165) is 19.4 Å². The molecular weight excluding hydrogens is 168 g/mol. The molecule has 0 aliphatic heterocycles. The van der Waals surface area contributed by atoms with Gasteiger partial charge in [0.25, 0.3) is 6.47 Å². The molecule has 0 heterocycles. The summed E-state index contributed by atoms with van der Waals surface area (Å²) in [5.74, 6) is 0. The molecule has 0 aliphatic rings. The molecule has 0 N–H and O–H groups in total. The number of carbonyl (C=O) groups excluding carboxylic acids is 1. The van der Waals surface area contributed by atoms with Gasteiger partial charge in [0.2, 0.25) is 0 Å². The SMILES string of the molecule is CCCCCCOCCCOC=O. The van der Waals surface area contributed by atoms with Crippen LogP contribution < -0.4 is 0 Å². The van der Waals surface area contributed by atoms with Gasteiger partial charge in [-0.05, 0) is 6.42 Å². The maximum Gasteiger partial charge on any atom is 0.293 e. The van der Waals surface area contributed by atoms with Crippen LogP contribution in [0.3, 0.4) is 0 Å². The summed E-state index contributed by atoms with van der Waals surface area (Å²) in [4.78, 5) is 9.75. The summed E-state index contributed by atoms with van der Waals surface area (Å²) in [5.41, 5.74) is 0. The van der Waals surface area contributed by atoms with Crippen LogP contribution in [0.1, 0.15) is 39.0 Å². The lowest BCUT2D eigenvalue weighted by Gasteiger charge is -2.02. The normalized spacial score (nSPS) is 9.92. The van der Waals surface area contributed by atoms with E-state index in [2.05, 4.69) is 11.7 Å². The zero-order valence-corrected chi connectivity index (χ0v) is 8.46. The summed E-state index contributed by atoms with van der Waals surface area (Å²) in [6, 6.07) is 0. The second-order valence-corrected chi connectivity index (χ2v) is 2.99. The minimum atomic E-state index is 0.471. The predicted octanol–water partition coefficient (Wildman–Crippen LogP) is 2.15. The number of hydrogen-bond donors (Lipinski definition) is 0. The third-order valence-corrected chi connectivity index (χ3v) is 1.76. The van der Waals surface area contributed by atoms with E-state index in [0.29, 0.717) is 19.7 Å². The van der Waals surface area contributed by atoms with Gasteiger partial charge in [-0.3, -0.25) is 4.79 Å². The second-order valence-electron chi connectivity index (χ2n) is 2.99. The summed E-state index contributed by atoms with van der Waals surface area (Å²) < 4.78 is 9.85. The quantitative estimate of drug-likeness (QED) is 0.389. The van der Waals surface area contributed by atoms with Crippen LogP contribution in [0.4, 0.5) is 0 Å². The van der Waals surface area contributed by atoms with Gasteiger partial charge in [-0.25, -0.2) is 0 Å².